The molecule has 0 atom stereocenters. The molecule has 0 radical (unpaired) electrons. The normalized spacial score (nSPS) is 11.2. The van der Waals surface area contributed by atoms with Gasteiger partial charge in [0.25, 0.3) is 5.91 Å². The molecule has 0 heterocycles. The summed E-state index contributed by atoms with van der Waals surface area (Å²) in [5, 5.41) is 8.17. The second kappa shape index (κ2) is 11.2. The molecule has 0 unspecified atom stereocenters. The van der Waals surface area contributed by atoms with Crippen LogP contribution in [0, 0.1) is 5.82 Å². The fourth-order valence-electron chi connectivity index (χ4n) is 3.95. The number of halogens is 2. The van der Waals surface area contributed by atoms with E-state index < -0.39 is 5.91 Å². The van der Waals surface area contributed by atoms with E-state index in [0.717, 1.165) is 37.1 Å². The maximum absolute atomic E-state index is 13.2. The van der Waals surface area contributed by atoms with E-state index in [2.05, 4.69) is 26.5 Å². The minimum Gasteiger partial charge on any atom is -0.488 e. The van der Waals surface area contributed by atoms with Gasteiger partial charge in [0.2, 0.25) is 0 Å². The number of carbonyl (C=O) groups excluding carboxylic acids is 1. The number of ether oxygens (including phenoxy) is 2. The van der Waals surface area contributed by atoms with E-state index >= 15 is 0 Å². The van der Waals surface area contributed by atoms with E-state index in [1.807, 2.05) is 72.8 Å². The van der Waals surface area contributed by atoms with Gasteiger partial charge in [-0.2, -0.15) is 5.10 Å². The lowest BCUT2D eigenvalue weighted by Crippen LogP contribution is -2.24. The van der Waals surface area contributed by atoms with Crippen LogP contribution in [0.25, 0.3) is 21.5 Å². The van der Waals surface area contributed by atoms with Crippen molar-refractivity contribution in [3.63, 3.8) is 0 Å². The molecular formula is C30H22BrFN2O3. The van der Waals surface area contributed by atoms with Crippen LogP contribution in [0.4, 0.5) is 4.39 Å². The van der Waals surface area contributed by atoms with E-state index in [0.29, 0.717) is 11.5 Å². The summed E-state index contributed by atoms with van der Waals surface area (Å²) in [6.07, 6.45) is 1.56. The summed E-state index contributed by atoms with van der Waals surface area (Å²) in [5.41, 5.74) is 4.08. The first-order chi connectivity index (χ1) is 18.1. The Labute approximate surface area is 221 Å². The molecule has 5 aromatic rings. The molecule has 0 aliphatic heterocycles. The summed E-state index contributed by atoms with van der Waals surface area (Å²) in [6.45, 7) is 0.0675. The Morgan fingerprint density at radius 2 is 1.46 bits per heavy atom. The fourth-order valence-corrected chi connectivity index (χ4v) is 4.55. The zero-order chi connectivity index (χ0) is 25.6. The molecule has 0 saturated carbocycles. The van der Waals surface area contributed by atoms with Gasteiger partial charge in [-0.3, -0.25) is 4.79 Å². The van der Waals surface area contributed by atoms with Gasteiger partial charge in [-0.15, -0.1) is 0 Å². The fraction of sp³-hybridized carbons (Fsp3) is 0.0667. The Hall–Kier alpha value is -4.23. The molecule has 0 saturated heterocycles. The predicted molar refractivity (Wildman–Crippen MR) is 148 cm³/mol. The molecule has 0 aliphatic rings. The van der Waals surface area contributed by atoms with Crippen LogP contribution in [0.5, 0.6) is 11.5 Å². The number of rotatable bonds is 8. The van der Waals surface area contributed by atoms with Crippen molar-refractivity contribution in [1.29, 1.82) is 0 Å². The number of hydrogen-bond acceptors (Lipinski definition) is 4. The van der Waals surface area contributed by atoms with Crippen LogP contribution in [0.3, 0.4) is 0 Å². The Morgan fingerprint density at radius 3 is 2.22 bits per heavy atom. The monoisotopic (exact) mass is 556 g/mol. The second-order valence-electron chi connectivity index (χ2n) is 8.29. The first-order valence-electron chi connectivity index (χ1n) is 11.6. The van der Waals surface area contributed by atoms with E-state index in [1.54, 1.807) is 18.3 Å². The van der Waals surface area contributed by atoms with E-state index in [1.165, 1.54) is 12.1 Å². The average Bonchev–Trinajstić information content (AvgIpc) is 2.93. The molecule has 37 heavy (non-hydrogen) atoms. The number of nitrogens with zero attached hydrogens (tertiary/aromatic N) is 1. The van der Waals surface area contributed by atoms with Crippen LogP contribution < -0.4 is 14.9 Å². The minimum atomic E-state index is -0.398. The summed E-state index contributed by atoms with van der Waals surface area (Å²) in [4.78, 5) is 12.4. The SMILES string of the molecule is O=C(COc1ccc2ccccc2c1Br)N/N=C/c1c(OCc2ccc(F)cc2)ccc2ccccc12. The van der Waals surface area contributed by atoms with Crippen LogP contribution in [0.15, 0.2) is 107 Å². The molecule has 0 fully saturated rings. The lowest BCUT2D eigenvalue weighted by Gasteiger charge is -2.12. The van der Waals surface area contributed by atoms with Crippen LogP contribution in [0.1, 0.15) is 11.1 Å². The van der Waals surface area contributed by atoms with Gasteiger partial charge >= 0.3 is 0 Å². The Balaban J connectivity index is 1.28. The third-order valence-electron chi connectivity index (χ3n) is 5.81. The smallest absolute Gasteiger partial charge is 0.277 e. The van der Waals surface area contributed by atoms with E-state index in [-0.39, 0.29) is 19.0 Å². The molecule has 184 valence electrons. The number of fused-ring (bicyclic) bond motifs is 2. The molecule has 5 aromatic carbocycles. The van der Waals surface area contributed by atoms with Gasteiger partial charge in [0, 0.05) is 5.56 Å². The van der Waals surface area contributed by atoms with Gasteiger partial charge in [-0.1, -0.05) is 72.8 Å². The van der Waals surface area contributed by atoms with Crippen molar-refractivity contribution in [2.45, 2.75) is 6.61 Å². The maximum atomic E-state index is 13.2. The van der Waals surface area contributed by atoms with E-state index in [9.17, 15) is 9.18 Å². The molecule has 5 nitrogen and oxygen atoms in total. The number of hydrogen-bond donors (Lipinski definition) is 1. The van der Waals surface area contributed by atoms with Crippen LogP contribution in [-0.2, 0) is 11.4 Å². The largest absolute Gasteiger partial charge is 0.488 e. The van der Waals surface area contributed by atoms with Gasteiger partial charge in [-0.05, 0) is 67.3 Å². The summed E-state index contributed by atoms with van der Waals surface area (Å²) in [6, 6.07) is 29.5. The van der Waals surface area contributed by atoms with Gasteiger partial charge < -0.3 is 9.47 Å². The topological polar surface area (TPSA) is 59.9 Å². The van der Waals surface area contributed by atoms with Gasteiger partial charge in [-0.25, -0.2) is 9.82 Å². The van der Waals surface area contributed by atoms with E-state index in [4.69, 9.17) is 9.47 Å². The lowest BCUT2D eigenvalue weighted by atomic mass is 10.0. The predicted octanol–water partition coefficient (Wildman–Crippen LogP) is 7.00. The van der Waals surface area contributed by atoms with Crippen molar-refractivity contribution in [3.05, 3.63) is 118 Å². The van der Waals surface area contributed by atoms with Crippen molar-refractivity contribution in [3.8, 4) is 11.5 Å². The lowest BCUT2D eigenvalue weighted by molar-refractivity contribution is -0.123. The standard InChI is InChI=1S/C30H22BrFN2O3/c31-30-25-8-4-2-6-22(25)12-16-28(30)37-19-29(35)34-33-17-26-24-7-3-1-5-21(24)11-15-27(26)36-18-20-9-13-23(32)14-10-20/h1-17H,18-19H2,(H,34,35)/b33-17+. The Kier molecular flexibility index (Phi) is 7.42. The molecule has 0 spiro atoms. The van der Waals surface area contributed by atoms with Crippen LogP contribution in [-0.4, -0.2) is 18.7 Å². The maximum Gasteiger partial charge on any atom is 0.277 e. The first-order valence-corrected chi connectivity index (χ1v) is 12.4. The Bertz CT molecular complexity index is 1600. The number of benzene rings is 5. The van der Waals surface area contributed by atoms with Crippen molar-refractivity contribution in [2.24, 2.45) is 5.10 Å². The highest BCUT2D eigenvalue weighted by molar-refractivity contribution is 9.10. The van der Waals surface area contributed by atoms with Crippen LogP contribution >= 0.6 is 15.9 Å². The molecule has 1 amide bonds. The third-order valence-corrected chi connectivity index (χ3v) is 6.63. The summed E-state index contributed by atoms with van der Waals surface area (Å²) < 4.78 is 25.8. The van der Waals surface area contributed by atoms with Crippen molar-refractivity contribution in [2.75, 3.05) is 6.61 Å². The second-order valence-corrected chi connectivity index (χ2v) is 9.09. The molecular weight excluding hydrogens is 535 g/mol. The van der Waals surface area contributed by atoms with Crippen molar-refractivity contribution < 1.29 is 18.7 Å². The zero-order valence-electron chi connectivity index (χ0n) is 19.7. The number of amides is 1. The zero-order valence-corrected chi connectivity index (χ0v) is 21.2. The highest BCUT2D eigenvalue weighted by atomic mass is 79.9. The van der Waals surface area contributed by atoms with Gasteiger partial charge in [0.1, 0.15) is 23.9 Å². The number of hydrazone groups is 1. The Morgan fingerprint density at radius 1 is 0.811 bits per heavy atom. The highest BCUT2D eigenvalue weighted by Crippen LogP contribution is 2.33. The van der Waals surface area contributed by atoms with Gasteiger partial charge in [0.15, 0.2) is 6.61 Å². The van der Waals surface area contributed by atoms with Crippen LogP contribution in [0.2, 0.25) is 0 Å². The van der Waals surface area contributed by atoms with Gasteiger partial charge in [0.05, 0.1) is 10.7 Å². The quantitative estimate of drug-likeness (QED) is 0.165. The minimum absolute atomic E-state index is 0.197. The first kappa shape index (κ1) is 24.5. The molecule has 5 rings (SSSR count). The summed E-state index contributed by atoms with van der Waals surface area (Å²) in [5.74, 6) is 0.473. The van der Waals surface area contributed by atoms with Crippen molar-refractivity contribution >= 4 is 49.6 Å². The van der Waals surface area contributed by atoms with Crippen molar-refractivity contribution in [1.82, 2.24) is 5.43 Å². The third kappa shape index (κ3) is 5.78. The highest BCUT2D eigenvalue weighted by Gasteiger charge is 2.10. The molecule has 7 heteroatoms. The average molecular weight is 557 g/mol. The number of nitrogens with one attached hydrogen (secondary N) is 1. The number of carbonyl (C=O) groups is 1. The molecule has 0 aliphatic carbocycles. The summed E-state index contributed by atoms with van der Waals surface area (Å²) in [7, 11) is 0. The molecule has 0 aromatic heterocycles. The molecule has 0 bridgehead atoms. The molecule has 1 N–H and O–H groups in total. The summed E-state index contributed by atoms with van der Waals surface area (Å²) >= 11 is 3.56.